The van der Waals surface area contributed by atoms with E-state index in [1.807, 2.05) is 0 Å². The van der Waals surface area contributed by atoms with Gasteiger partial charge in [-0.3, -0.25) is 9.69 Å². The molecule has 1 saturated heterocycles. The van der Waals surface area contributed by atoms with E-state index >= 15 is 0 Å². The molecule has 132 valence electrons. The van der Waals surface area contributed by atoms with Crippen molar-refractivity contribution in [1.82, 2.24) is 9.88 Å². The minimum atomic E-state index is -0.192. The molecule has 0 spiro atoms. The van der Waals surface area contributed by atoms with Gasteiger partial charge in [0, 0.05) is 36.6 Å². The first kappa shape index (κ1) is 16.4. The van der Waals surface area contributed by atoms with E-state index in [4.69, 9.17) is 4.74 Å². The molecule has 1 aromatic heterocycles. The standard InChI is InChI=1S/C21H26N2O2/c1-3-15-13-23-10-8-18-17-6-4-5-7-19(17)22-21(18)20(23)12-16(15)9-11-25-14(2)24/h3-7,15-16,20,22H,1,8-13H2,2H3. The molecule has 0 saturated carbocycles. The monoisotopic (exact) mass is 338 g/mol. The summed E-state index contributed by atoms with van der Waals surface area (Å²) in [6.45, 7) is 8.20. The van der Waals surface area contributed by atoms with Gasteiger partial charge in [0.05, 0.1) is 12.6 Å². The molecule has 4 heteroatoms. The zero-order valence-corrected chi connectivity index (χ0v) is 14.8. The second-order valence-electron chi connectivity index (χ2n) is 7.35. The van der Waals surface area contributed by atoms with E-state index < -0.39 is 0 Å². The van der Waals surface area contributed by atoms with E-state index in [1.165, 1.54) is 29.1 Å². The molecule has 0 bridgehead atoms. The van der Waals surface area contributed by atoms with Gasteiger partial charge in [-0.15, -0.1) is 6.58 Å². The third-order valence-corrected chi connectivity index (χ3v) is 5.94. The molecule has 0 radical (unpaired) electrons. The maximum Gasteiger partial charge on any atom is 0.302 e. The van der Waals surface area contributed by atoms with E-state index in [2.05, 4.69) is 46.8 Å². The fourth-order valence-electron chi connectivity index (χ4n) is 4.69. The van der Waals surface area contributed by atoms with Crippen LogP contribution in [-0.2, 0) is 16.0 Å². The molecular weight excluding hydrogens is 312 g/mol. The zero-order valence-electron chi connectivity index (χ0n) is 14.8. The van der Waals surface area contributed by atoms with E-state index in [-0.39, 0.29) is 5.97 Å². The van der Waals surface area contributed by atoms with Crippen molar-refractivity contribution in [1.29, 1.82) is 0 Å². The molecule has 2 aliphatic rings. The number of hydrogen-bond acceptors (Lipinski definition) is 3. The highest BCUT2D eigenvalue weighted by Crippen LogP contribution is 2.43. The van der Waals surface area contributed by atoms with E-state index in [0.717, 1.165) is 32.4 Å². The molecule has 3 atom stereocenters. The van der Waals surface area contributed by atoms with Crippen LogP contribution in [0.4, 0.5) is 0 Å². The predicted molar refractivity (Wildman–Crippen MR) is 99.4 cm³/mol. The molecule has 0 aliphatic carbocycles. The van der Waals surface area contributed by atoms with Crippen molar-refractivity contribution >= 4 is 16.9 Å². The molecule has 1 aromatic carbocycles. The van der Waals surface area contributed by atoms with Crippen LogP contribution < -0.4 is 0 Å². The largest absolute Gasteiger partial charge is 0.466 e. The van der Waals surface area contributed by atoms with Gasteiger partial charge < -0.3 is 9.72 Å². The summed E-state index contributed by atoms with van der Waals surface area (Å²) < 4.78 is 5.20. The van der Waals surface area contributed by atoms with Crippen molar-refractivity contribution in [3.05, 3.63) is 48.2 Å². The maximum atomic E-state index is 11.1. The first-order valence-corrected chi connectivity index (χ1v) is 9.27. The minimum Gasteiger partial charge on any atom is -0.466 e. The fraction of sp³-hybridized carbons (Fsp3) is 0.476. The normalized spacial score (nSPS) is 26.0. The number of benzene rings is 1. The number of hydrogen-bond donors (Lipinski definition) is 1. The molecular formula is C21H26N2O2. The first-order valence-electron chi connectivity index (χ1n) is 9.27. The highest BCUT2D eigenvalue weighted by molar-refractivity contribution is 5.85. The number of ether oxygens (including phenoxy) is 1. The van der Waals surface area contributed by atoms with Crippen LogP contribution >= 0.6 is 0 Å². The second-order valence-corrected chi connectivity index (χ2v) is 7.35. The molecule has 1 fully saturated rings. The van der Waals surface area contributed by atoms with Gasteiger partial charge in [-0.05, 0) is 42.7 Å². The highest BCUT2D eigenvalue weighted by Gasteiger charge is 2.38. The lowest BCUT2D eigenvalue weighted by molar-refractivity contribution is -0.141. The highest BCUT2D eigenvalue weighted by atomic mass is 16.5. The maximum absolute atomic E-state index is 11.1. The first-order chi connectivity index (χ1) is 12.2. The van der Waals surface area contributed by atoms with Gasteiger partial charge in [-0.25, -0.2) is 0 Å². The number of para-hydroxylation sites is 1. The fourth-order valence-corrected chi connectivity index (χ4v) is 4.69. The average molecular weight is 338 g/mol. The minimum absolute atomic E-state index is 0.192. The molecule has 0 amide bonds. The number of H-pyrrole nitrogens is 1. The van der Waals surface area contributed by atoms with Crippen LogP contribution in [0.5, 0.6) is 0 Å². The summed E-state index contributed by atoms with van der Waals surface area (Å²) in [5, 5.41) is 1.37. The lowest BCUT2D eigenvalue weighted by Crippen LogP contribution is -2.45. The molecule has 25 heavy (non-hydrogen) atoms. The van der Waals surface area contributed by atoms with Gasteiger partial charge in [-0.2, -0.15) is 0 Å². The number of carbonyl (C=O) groups is 1. The van der Waals surface area contributed by atoms with Crippen LogP contribution in [0.25, 0.3) is 10.9 Å². The summed E-state index contributed by atoms with van der Waals surface area (Å²) >= 11 is 0. The van der Waals surface area contributed by atoms with Crippen LogP contribution in [0.3, 0.4) is 0 Å². The van der Waals surface area contributed by atoms with Crippen LogP contribution in [0, 0.1) is 11.8 Å². The Labute approximate surface area is 148 Å². The van der Waals surface area contributed by atoms with E-state index in [1.54, 1.807) is 0 Å². The van der Waals surface area contributed by atoms with Crippen LogP contribution in [0.2, 0.25) is 0 Å². The van der Waals surface area contributed by atoms with Crippen LogP contribution in [0.15, 0.2) is 36.9 Å². The Hall–Kier alpha value is -2.07. The van der Waals surface area contributed by atoms with E-state index in [9.17, 15) is 4.79 Å². The number of aromatic nitrogens is 1. The lowest BCUT2D eigenvalue weighted by Gasteiger charge is -2.45. The smallest absolute Gasteiger partial charge is 0.302 e. The number of nitrogens with zero attached hydrogens (tertiary/aromatic N) is 1. The third-order valence-electron chi connectivity index (χ3n) is 5.94. The van der Waals surface area contributed by atoms with Crippen LogP contribution in [-0.4, -0.2) is 35.5 Å². The Morgan fingerprint density at radius 3 is 3.08 bits per heavy atom. The van der Waals surface area contributed by atoms with E-state index in [0.29, 0.717) is 24.5 Å². The van der Waals surface area contributed by atoms with Crippen LogP contribution in [0.1, 0.15) is 37.1 Å². The molecule has 2 aromatic rings. The van der Waals surface area contributed by atoms with Gasteiger partial charge in [-0.1, -0.05) is 24.3 Å². The van der Waals surface area contributed by atoms with Crippen molar-refractivity contribution in [2.75, 3.05) is 19.7 Å². The topological polar surface area (TPSA) is 45.3 Å². The molecule has 4 rings (SSSR count). The number of piperidine rings is 1. The Bertz CT molecular complexity index is 794. The third kappa shape index (κ3) is 2.99. The van der Waals surface area contributed by atoms with Crippen molar-refractivity contribution in [2.24, 2.45) is 11.8 Å². The van der Waals surface area contributed by atoms with Gasteiger partial charge in [0.25, 0.3) is 0 Å². The SMILES string of the molecule is C=CC1CN2CCc3c([nH]c4ccccc34)C2CC1CCOC(C)=O. The summed E-state index contributed by atoms with van der Waals surface area (Å²) in [5.74, 6) is 0.788. The quantitative estimate of drug-likeness (QED) is 0.680. The number of carbonyl (C=O) groups excluding carboxylic acids is 1. The van der Waals surface area contributed by atoms with Gasteiger partial charge in [0.15, 0.2) is 0 Å². The van der Waals surface area contributed by atoms with Gasteiger partial charge >= 0.3 is 5.97 Å². The van der Waals surface area contributed by atoms with Gasteiger partial charge in [0.2, 0.25) is 0 Å². The molecule has 3 unspecified atom stereocenters. The van der Waals surface area contributed by atoms with Crippen molar-refractivity contribution in [3.8, 4) is 0 Å². The summed E-state index contributed by atoms with van der Waals surface area (Å²) in [6.07, 6.45) is 5.21. The van der Waals surface area contributed by atoms with Crippen molar-refractivity contribution in [2.45, 2.75) is 32.2 Å². The predicted octanol–water partition coefficient (Wildman–Crippen LogP) is 3.84. The summed E-state index contributed by atoms with van der Waals surface area (Å²) in [5.41, 5.74) is 4.14. The number of esters is 1. The average Bonchev–Trinajstić information content (AvgIpc) is 3.00. The number of rotatable bonds is 4. The summed E-state index contributed by atoms with van der Waals surface area (Å²) in [7, 11) is 0. The Kier molecular flexibility index (Phi) is 4.38. The Morgan fingerprint density at radius 2 is 2.28 bits per heavy atom. The van der Waals surface area contributed by atoms with Gasteiger partial charge in [0.1, 0.15) is 0 Å². The number of fused-ring (bicyclic) bond motifs is 5. The molecule has 2 aliphatic heterocycles. The number of nitrogens with one attached hydrogen (secondary N) is 1. The Balaban J connectivity index is 1.59. The second kappa shape index (κ2) is 6.68. The zero-order chi connectivity index (χ0) is 17.4. The number of aromatic amines is 1. The molecule has 4 nitrogen and oxygen atoms in total. The van der Waals surface area contributed by atoms with Crippen molar-refractivity contribution in [3.63, 3.8) is 0 Å². The lowest BCUT2D eigenvalue weighted by atomic mass is 9.77. The van der Waals surface area contributed by atoms with Crippen molar-refractivity contribution < 1.29 is 9.53 Å². The summed E-state index contributed by atoms with van der Waals surface area (Å²) in [4.78, 5) is 17.4. The Morgan fingerprint density at radius 1 is 1.44 bits per heavy atom. The molecule has 1 N–H and O–H groups in total. The molecule has 3 heterocycles. The summed E-state index contributed by atoms with van der Waals surface area (Å²) in [6, 6.07) is 9.06.